The molecule has 174 valence electrons. The quantitative estimate of drug-likeness (QED) is 0.361. The summed E-state index contributed by atoms with van der Waals surface area (Å²) in [5.74, 6) is -5.09. The van der Waals surface area contributed by atoms with E-state index in [4.69, 9.17) is 37.4 Å². The minimum atomic E-state index is -3.33. The molecule has 4 atom stereocenters. The van der Waals surface area contributed by atoms with Crippen LogP contribution >= 0.6 is 23.2 Å². The third-order valence-electron chi connectivity index (χ3n) is 5.65. The molecule has 1 aliphatic carbocycles. The van der Waals surface area contributed by atoms with E-state index in [1.54, 1.807) is 30.3 Å². The molecule has 0 spiro atoms. The normalized spacial score (nSPS) is 24.5. The predicted molar refractivity (Wildman–Crippen MR) is 118 cm³/mol. The highest BCUT2D eigenvalue weighted by Crippen LogP contribution is 2.44. The van der Waals surface area contributed by atoms with E-state index in [9.17, 15) is 18.4 Å². The van der Waals surface area contributed by atoms with E-state index in [2.05, 4.69) is 0 Å². The van der Waals surface area contributed by atoms with Crippen LogP contribution in [0.5, 0.6) is 5.75 Å². The predicted octanol–water partition coefficient (Wildman–Crippen LogP) is 5.74. The van der Waals surface area contributed by atoms with Crippen molar-refractivity contribution in [2.45, 2.75) is 31.0 Å². The van der Waals surface area contributed by atoms with Crippen LogP contribution in [0.15, 0.2) is 60.7 Å². The number of ether oxygens (including phenoxy) is 3. The van der Waals surface area contributed by atoms with Gasteiger partial charge in [0, 0.05) is 28.3 Å². The molecule has 2 aromatic rings. The second-order valence-electron chi connectivity index (χ2n) is 8.03. The van der Waals surface area contributed by atoms with Crippen LogP contribution in [-0.2, 0) is 14.3 Å². The number of hydrogen-bond donors (Lipinski definition) is 0. The molecule has 33 heavy (non-hydrogen) atoms. The zero-order valence-corrected chi connectivity index (χ0v) is 18.8. The van der Waals surface area contributed by atoms with E-state index in [0.29, 0.717) is 5.56 Å². The van der Waals surface area contributed by atoms with Gasteiger partial charge in [0.15, 0.2) is 6.61 Å². The lowest BCUT2D eigenvalue weighted by Gasteiger charge is -2.21. The van der Waals surface area contributed by atoms with Gasteiger partial charge in [-0.15, -0.1) is 0 Å². The molecule has 4 rings (SSSR count). The molecular formula is C24H20Cl2F2O5. The van der Waals surface area contributed by atoms with Crippen molar-refractivity contribution < 1.29 is 32.6 Å². The lowest BCUT2D eigenvalue weighted by atomic mass is 9.91. The molecule has 2 fully saturated rings. The monoisotopic (exact) mass is 496 g/mol. The molecule has 1 saturated heterocycles. The second kappa shape index (κ2) is 9.69. The summed E-state index contributed by atoms with van der Waals surface area (Å²) >= 11 is 11.7. The van der Waals surface area contributed by atoms with Crippen molar-refractivity contribution in [3.63, 3.8) is 0 Å². The summed E-state index contributed by atoms with van der Waals surface area (Å²) in [7, 11) is 0. The Hall–Kier alpha value is -2.64. The van der Waals surface area contributed by atoms with Gasteiger partial charge in [0.1, 0.15) is 18.0 Å². The lowest BCUT2D eigenvalue weighted by Crippen LogP contribution is -2.27. The maximum Gasteiger partial charge on any atom is 0.338 e. The Kier molecular flexibility index (Phi) is 6.91. The fourth-order valence-electron chi connectivity index (χ4n) is 4.16. The molecule has 0 unspecified atom stereocenters. The number of alkyl halides is 2. The lowest BCUT2D eigenvalue weighted by molar-refractivity contribution is -0.141. The first-order valence-corrected chi connectivity index (χ1v) is 11.1. The minimum absolute atomic E-state index is 0.0855. The molecular weight excluding hydrogens is 477 g/mol. The van der Waals surface area contributed by atoms with Crippen molar-refractivity contribution in [1.82, 2.24) is 0 Å². The third-order valence-corrected chi connectivity index (χ3v) is 6.09. The first-order valence-electron chi connectivity index (χ1n) is 10.3. The molecule has 0 amide bonds. The van der Waals surface area contributed by atoms with Crippen molar-refractivity contribution >= 4 is 35.1 Å². The van der Waals surface area contributed by atoms with E-state index in [1.165, 1.54) is 24.3 Å². The van der Waals surface area contributed by atoms with Crippen LogP contribution in [0, 0.1) is 11.8 Å². The standard InChI is InChI=1S/C24H20Cl2F2O5/c25-15-8-16(26)10-17(9-15)31-13-24(27,28)7-6-18-19-11-22(29)32-21(19)12-20(18)33-23(30)14-4-2-1-3-5-14/h1-10,18-21H,11-13H2/b7-6+/t18-,19-,20-,21+/m1/s1. The van der Waals surface area contributed by atoms with Crippen LogP contribution in [-0.4, -0.2) is 36.7 Å². The Balaban J connectivity index is 1.46. The highest BCUT2D eigenvalue weighted by atomic mass is 35.5. The number of halogens is 4. The Morgan fingerprint density at radius 3 is 2.55 bits per heavy atom. The number of carbonyl (C=O) groups is 2. The van der Waals surface area contributed by atoms with Gasteiger partial charge in [0.05, 0.1) is 12.0 Å². The van der Waals surface area contributed by atoms with Crippen molar-refractivity contribution in [3.8, 4) is 5.75 Å². The van der Waals surface area contributed by atoms with Gasteiger partial charge in [-0.2, -0.15) is 8.78 Å². The van der Waals surface area contributed by atoms with E-state index in [-0.39, 0.29) is 40.5 Å². The number of carbonyl (C=O) groups excluding carboxylic acids is 2. The number of rotatable bonds is 7. The summed E-state index contributed by atoms with van der Waals surface area (Å²) in [5.41, 5.74) is 0.355. The second-order valence-corrected chi connectivity index (χ2v) is 8.91. The van der Waals surface area contributed by atoms with Gasteiger partial charge in [-0.3, -0.25) is 4.79 Å². The van der Waals surface area contributed by atoms with Crippen LogP contribution in [0.2, 0.25) is 10.0 Å². The average Bonchev–Trinajstić information content (AvgIpc) is 3.26. The maximum absolute atomic E-state index is 14.6. The van der Waals surface area contributed by atoms with E-state index < -0.39 is 36.6 Å². The third kappa shape index (κ3) is 5.84. The summed E-state index contributed by atoms with van der Waals surface area (Å²) in [6.45, 7) is -0.940. The largest absolute Gasteiger partial charge is 0.487 e. The fraction of sp³-hybridized carbons (Fsp3) is 0.333. The highest BCUT2D eigenvalue weighted by Gasteiger charge is 2.51. The highest BCUT2D eigenvalue weighted by molar-refractivity contribution is 6.34. The SMILES string of the molecule is O=C1C[C@@H]2[C@@H](/C=C/C(F)(F)COc3cc(Cl)cc(Cl)c3)[C@H](OC(=O)c3ccccc3)C[C@@H]2O1. The zero-order valence-electron chi connectivity index (χ0n) is 17.3. The van der Waals surface area contributed by atoms with Gasteiger partial charge in [-0.25, -0.2) is 4.79 Å². The molecule has 1 aliphatic heterocycles. The molecule has 5 nitrogen and oxygen atoms in total. The van der Waals surface area contributed by atoms with Crippen molar-refractivity contribution in [1.29, 1.82) is 0 Å². The Labute approximate surface area is 199 Å². The van der Waals surface area contributed by atoms with Crippen molar-refractivity contribution in [2.24, 2.45) is 11.8 Å². The fourth-order valence-corrected chi connectivity index (χ4v) is 4.67. The molecule has 9 heteroatoms. The van der Waals surface area contributed by atoms with Crippen LogP contribution in [0.25, 0.3) is 0 Å². The van der Waals surface area contributed by atoms with Crippen molar-refractivity contribution in [2.75, 3.05) is 6.61 Å². The topological polar surface area (TPSA) is 61.8 Å². The molecule has 0 aromatic heterocycles. The summed E-state index contributed by atoms with van der Waals surface area (Å²) < 4.78 is 45.2. The van der Waals surface area contributed by atoms with Crippen molar-refractivity contribution in [3.05, 3.63) is 76.3 Å². The van der Waals surface area contributed by atoms with Gasteiger partial charge in [0.2, 0.25) is 0 Å². The average molecular weight is 497 g/mol. The Morgan fingerprint density at radius 1 is 1.15 bits per heavy atom. The number of benzene rings is 2. The van der Waals surface area contributed by atoms with Gasteiger partial charge in [0.25, 0.3) is 5.92 Å². The van der Waals surface area contributed by atoms with Gasteiger partial charge in [-0.05, 0) is 36.4 Å². The summed E-state index contributed by atoms with van der Waals surface area (Å²) in [5, 5.41) is 0.532. The summed E-state index contributed by atoms with van der Waals surface area (Å²) in [4.78, 5) is 24.2. The molecule has 0 bridgehead atoms. The molecule has 2 aromatic carbocycles. The number of hydrogen-bond acceptors (Lipinski definition) is 5. The maximum atomic E-state index is 14.6. The van der Waals surface area contributed by atoms with Crippen LogP contribution in [0.3, 0.4) is 0 Å². The van der Waals surface area contributed by atoms with Crippen LogP contribution in [0.4, 0.5) is 8.78 Å². The van der Waals surface area contributed by atoms with Gasteiger partial charge >= 0.3 is 11.9 Å². The number of esters is 2. The zero-order chi connectivity index (χ0) is 23.6. The van der Waals surface area contributed by atoms with Gasteiger partial charge in [-0.1, -0.05) is 47.5 Å². The molecule has 1 heterocycles. The van der Waals surface area contributed by atoms with Gasteiger partial charge < -0.3 is 14.2 Å². The van der Waals surface area contributed by atoms with E-state index >= 15 is 0 Å². The molecule has 2 aliphatic rings. The number of fused-ring (bicyclic) bond motifs is 1. The van der Waals surface area contributed by atoms with E-state index in [0.717, 1.165) is 6.08 Å². The summed E-state index contributed by atoms with van der Waals surface area (Å²) in [6.07, 6.45) is 1.19. The molecule has 1 saturated carbocycles. The Morgan fingerprint density at radius 2 is 1.85 bits per heavy atom. The smallest absolute Gasteiger partial charge is 0.338 e. The summed E-state index contributed by atoms with van der Waals surface area (Å²) in [6, 6.07) is 12.6. The Bertz CT molecular complexity index is 1040. The molecule has 0 N–H and O–H groups in total. The van der Waals surface area contributed by atoms with Crippen LogP contribution < -0.4 is 4.74 Å². The van der Waals surface area contributed by atoms with E-state index in [1.807, 2.05) is 0 Å². The minimum Gasteiger partial charge on any atom is -0.487 e. The van der Waals surface area contributed by atoms with Crippen LogP contribution in [0.1, 0.15) is 23.2 Å². The first kappa shape index (κ1) is 23.5. The molecule has 0 radical (unpaired) electrons. The first-order chi connectivity index (χ1) is 15.7.